The van der Waals surface area contributed by atoms with Crippen molar-refractivity contribution in [3.05, 3.63) is 29.8 Å². The molecule has 1 unspecified atom stereocenters. The molecular formula is C13H16N2O2. The molecule has 4 nitrogen and oxygen atoms in total. The highest BCUT2D eigenvalue weighted by atomic mass is 16.5. The number of ether oxygens (including phenoxy) is 1. The summed E-state index contributed by atoms with van der Waals surface area (Å²) in [6, 6.07) is 7.45. The van der Waals surface area contributed by atoms with Crippen LogP contribution in [0.4, 0.5) is 0 Å². The molecule has 0 bridgehead atoms. The summed E-state index contributed by atoms with van der Waals surface area (Å²) in [5.41, 5.74) is 6.07. The third-order valence-electron chi connectivity index (χ3n) is 2.17. The van der Waals surface area contributed by atoms with Crippen molar-refractivity contribution < 1.29 is 9.53 Å². The van der Waals surface area contributed by atoms with Gasteiger partial charge in [0.25, 0.3) is 5.91 Å². The molecule has 0 radical (unpaired) electrons. The van der Waals surface area contributed by atoms with E-state index in [0.717, 1.165) is 5.56 Å². The minimum Gasteiger partial charge on any atom is -0.484 e. The summed E-state index contributed by atoms with van der Waals surface area (Å²) >= 11 is 0. The second-order valence-electron chi connectivity index (χ2n) is 3.67. The van der Waals surface area contributed by atoms with Crippen molar-refractivity contribution in [3.63, 3.8) is 0 Å². The van der Waals surface area contributed by atoms with Gasteiger partial charge in [0.1, 0.15) is 5.75 Å². The van der Waals surface area contributed by atoms with Gasteiger partial charge in [0.05, 0.1) is 6.04 Å². The van der Waals surface area contributed by atoms with Gasteiger partial charge >= 0.3 is 0 Å². The molecule has 1 aromatic rings. The molecule has 17 heavy (non-hydrogen) atoms. The highest BCUT2D eigenvalue weighted by Crippen LogP contribution is 2.11. The van der Waals surface area contributed by atoms with Crippen LogP contribution < -0.4 is 15.8 Å². The normalized spacial score (nSPS) is 11.5. The molecule has 0 aliphatic rings. The van der Waals surface area contributed by atoms with Crippen LogP contribution in [0.5, 0.6) is 5.75 Å². The topological polar surface area (TPSA) is 64.3 Å². The van der Waals surface area contributed by atoms with E-state index in [9.17, 15) is 4.79 Å². The fraction of sp³-hybridized carbons (Fsp3) is 0.308. The Morgan fingerprint density at radius 3 is 2.71 bits per heavy atom. The molecule has 0 aromatic heterocycles. The van der Waals surface area contributed by atoms with Crippen molar-refractivity contribution >= 4 is 5.91 Å². The first-order valence-corrected chi connectivity index (χ1v) is 5.31. The van der Waals surface area contributed by atoms with E-state index in [1.54, 1.807) is 12.1 Å². The molecule has 0 spiro atoms. The van der Waals surface area contributed by atoms with Crippen LogP contribution in [-0.4, -0.2) is 18.6 Å². The Bertz CT molecular complexity index is 406. The summed E-state index contributed by atoms with van der Waals surface area (Å²) < 4.78 is 5.14. The Hall–Kier alpha value is -1.99. The van der Waals surface area contributed by atoms with Crippen molar-refractivity contribution in [1.82, 2.24) is 5.32 Å². The number of amides is 1. The number of carbonyl (C=O) groups is 1. The van der Waals surface area contributed by atoms with E-state index in [2.05, 4.69) is 11.2 Å². The van der Waals surface area contributed by atoms with Gasteiger partial charge in [0.15, 0.2) is 6.61 Å². The molecule has 1 atom stereocenters. The standard InChI is InChI=1S/C13H16N2O2/c1-3-10(2)15-8-11-4-6-12(7-5-11)17-9-13(14)16/h1,4-7,10,15H,8-9H2,2H3,(H2,14,16). The Morgan fingerprint density at radius 1 is 1.53 bits per heavy atom. The van der Waals surface area contributed by atoms with Gasteiger partial charge in [-0.2, -0.15) is 0 Å². The third kappa shape index (κ3) is 5.05. The molecule has 4 heteroatoms. The molecular weight excluding hydrogens is 216 g/mol. The Kier molecular flexibility index (Phi) is 5.05. The molecule has 0 fully saturated rings. The summed E-state index contributed by atoms with van der Waals surface area (Å²) in [4.78, 5) is 10.5. The molecule has 0 aliphatic heterocycles. The largest absolute Gasteiger partial charge is 0.484 e. The van der Waals surface area contributed by atoms with Crippen LogP contribution >= 0.6 is 0 Å². The number of terminal acetylenes is 1. The average Bonchev–Trinajstić information content (AvgIpc) is 2.34. The molecule has 1 aromatic carbocycles. The minimum absolute atomic E-state index is 0.0424. The first-order chi connectivity index (χ1) is 8.11. The van der Waals surface area contributed by atoms with Gasteiger partial charge in [0, 0.05) is 6.54 Å². The van der Waals surface area contributed by atoms with E-state index in [4.69, 9.17) is 16.9 Å². The SMILES string of the molecule is C#CC(C)NCc1ccc(OCC(N)=O)cc1. The Morgan fingerprint density at radius 2 is 2.18 bits per heavy atom. The van der Waals surface area contributed by atoms with Crippen LogP contribution in [0.25, 0.3) is 0 Å². The first-order valence-electron chi connectivity index (χ1n) is 5.31. The molecule has 1 rings (SSSR count). The van der Waals surface area contributed by atoms with Crippen molar-refractivity contribution in [2.45, 2.75) is 19.5 Å². The van der Waals surface area contributed by atoms with Crippen molar-refractivity contribution in [2.75, 3.05) is 6.61 Å². The molecule has 1 amide bonds. The van der Waals surface area contributed by atoms with Crippen molar-refractivity contribution in [1.29, 1.82) is 0 Å². The lowest BCUT2D eigenvalue weighted by molar-refractivity contribution is -0.119. The Labute approximate surface area is 101 Å². The smallest absolute Gasteiger partial charge is 0.255 e. The maximum atomic E-state index is 10.5. The van der Waals surface area contributed by atoms with Gasteiger partial charge < -0.3 is 10.5 Å². The van der Waals surface area contributed by atoms with E-state index in [1.165, 1.54) is 0 Å². The van der Waals surface area contributed by atoms with Gasteiger partial charge in [-0.05, 0) is 24.6 Å². The number of carbonyl (C=O) groups excluding carboxylic acids is 1. The highest BCUT2D eigenvalue weighted by molar-refractivity contribution is 5.75. The Balaban J connectivity index is 2.45. The number of nitrogens with one attached hydrogen (secondary N) is 1. The van der Waals surface area contributed by atoms with Gasteiger partial charge in [-0.15, -0.1) is 6.42 Å². The molecule has 90 valence electrons. The summed E-state index contributed by atoms with van der Waals surface area (Å²) in [5, 5.41) is 3.17. The quantitative estimate of drug-likeness (QED) is 0.708. The van der Waals surface area contributed by atoms with Crippen LogP contribution in [-0.2, 0) is 11.3 Å². The molecule has 0 heterocycles. The summed E-state index contributed by atoms with van der Waals surface area (Å²) in [6.45, 7) is 2.51. The predicted octanol–water partition coefficient (Wildman–Crippen LogP) is 0.662. The van der Waals surface area contributed by atoms with Crippen LogP contribution in [0.15, 0.2) is 24.3 Å². The highest BCUT2D eigenvalue weighted by Gasteiger charge is 1.99. The summed E-state index contributed by atoms with van der Waals surface area (Å²) in [5.74, 6) is 2.73. The number of nitrogens with two attached hydrogens (primary N) is 1. The van der Waals surface area contributed by atoms with Crippen LogP contribution in [0.1, 0.15) is 12.5 Å². The van der Waals surface area contributed by atoms with E-state index in [0.29, 0.717) is 12.3 Å². The maximum absolute atomic E-state index is 10.5. The van der Waals surface area contributed by atoms with E-state index >= 15 is 0 Å². The fourth-order valence-corrected chi connectivity index (χ4v) is 1.19. The lowest BCUT2D eigenvalue weighted by Gasteiger charge is -2.08. The average molecular weight is 232 g/mol. The van der Waals surface area contributed by atoms with Crippen LogP contribution in [0.2, 0.25) is 0 Å². The van der Waals surface area contributed by atoms with E-state index < -0.39 is 5.91 Å². The van der Waals surface area contributed by atoms with Gasteiger partial charge in [-0.1, -0.05) is 18.1 Å². The number of hydrogen-bond donors (Lipinski definition) is 2. The van der Waals surface area contributed by atoms with E-state index in [1.807, 2.05) is 19.1 Å². The predicted molar refractivity (Wildman–Crippen MR) is 66.3 cm³/mol. The second kappa shape index (κ2) is 6.56. The lowest BCUT2D eigenvalue weighted by atomic mass is 10.2. The zero-order chi connectivity index (χ0) is 12.7. The molecule has 3 N–H and O–H groups in total. The monoisotopic (exact) mass is 232 g/mol. The van der Waals surface area contributed by atoms with Gasteiger partial charge in [0.2, 0.25) is 0 Å². The molecule has 0 aliphatic carbocycles. The van der Waals surface area contributed by atoms with Crippen molar-refractivity contribution in [2.24, 2.45) is 5.73 Å². The van der Waals surface area contributed by atoms with Crippen LogP contribution in [0.3, 0.4) is 0 Å². The van der Waals surface area contributed by atoms with E-state index in [-0.39, 0.29) is 12.6 Å². The first kappa shape index (κ1) is 13.1. The number of hydrogen-bond acceptors (Lipinski definition) is 3. The zero-order valence-electron chi connectivity index (χ0n) is 9.77. The minimum atomic E-state index is -0.487. The number of primary amides is 1. The maximum Gasteiger partial charge on any atom is 0.255 e. The lowest BCUT2D eigenvalue weighted by Crippen LogP contribution is -2.23. The second-order valence-corrected chi connectivity index (χ2v) is 3.67. The zero-order valence-corrected chi connectivity index (χ0v) is 9.77. The summed E-state index contributed by atoms with van der Waals surface area (Å²) in [6.07, 6.45) is 5.25. The number of benzene rings is 1. The van der Waals surface area contributed by atoms with Crippen molar-refractivity contribution in [3.8, 4) is 18.1 Å². The summed E-state index contributed by atoms with van der Waals surface area (Å²) in [7, 11) is 0. The van der Waals surface area contributed by atoms with Gasteiger partial charge in [-0.3, -0.25) is 10.1 Å². The number of rotatable bonds is 6. The molecule has 0 saturated carbocycles. The van der Waals surface area contributed by atoms with Crippen LogP contribution in [0, 0.1) is 12.3 Å². The third-order valence-corrected chi connectivity index (χ3v) is 2.17. The van der Waals surface area contributed by atoms with Gasteiger partial charge in [-0.25, -0.2) is 0 Å². The fourth-order valence-electron chi connectivity index (χ4n) is 1.19. The molecule has 0 saturated heterocycles.